The molecule has 1 fully saturated rings. The van der Waals surface area contributed by atoms with Gasteiger partial charge in [0.05, 0.1) is 32.2 Å². The highest BCUT2D eigenvalue weighted by atomic mass is 35.5. The highest BCUT2D eigenvalue weighted by Crippen LogP contribution is 2.48. The minimum absolute atomic E-state index is 0.00222. The fourth-order valence-corrected chi connectivity index (χ4v) is 12.3. The lowest BCUT2D eigenvalue weighted by molar-refractivity contribution is -0.154. The van der Waals surface area contributed by atoms with Gasteiger partial charge in [-0.25, -0.2) is 0 Å². The number of nitrogens with zero attached hydrogens (tertiary/aromatic N) is 1. The molecule has 0 N–H and O–H groups in total. The minimum Gasteiger partial charge on any atom is -0.469 e. The van der Waals surface area contributed by atoms with Crippen molar-refractivity contribution in [1.29, 1.82) is 0 Å². The number of halogens is 2. The predicted molar refractivity (Wildman–Crippen MR) is 198 cm³/mol. The molecule has 0 bridgehead atoms. The summed E-state index contributed by atoms with van der Waals surface area (Å²) < 4.78 is 12.5. The van der Waals surface area contributed by atoms with Crippen molar-refractivity contribution in [3.8, 4) is 0 Å². The SMILES string of the molecule is CCC(CO[Si](c1ccccc1)(c1ccccc1)C(C)(C)C)N1C(=O)[C@H](CC(=O)OC)C[C@H](c2cccc(Cl)c2)[C@H]1c1ccc(Cl)cc1. The number of hydrogen-bond donors (Lipinski definition) is 0. The van der Waals surface area contributed by atoms with Crippen LogP contribution in [-0.2, 0) is 18.8 Å². The van der Waals surface area contributed by atoms with Crippen LogP contribution < -0.4 is 10.4 Å². The van der Waals surface area contributed by atoms with Crippen LogP contribution >= 0.6 is 23.2 Å². The van der Waals surface area contributed by atoms with E-state index in [0.717, 1.165) is 11.1 Å². The van der Waals surface area contributed by atoms with E-state index in [1.54, 1.807) is 0 Å². The van der Waals surface area contributed by atoms with E-state index < -0.39 is 20.2 Å². The van der Waals surface area contributed by atoms with Crippen molar-refractivity contribution < 1.29 is 18.8 Å². The molecule has 0 saturated carbocycles. The number of rotatable bonds is 11. The van der Waals surface area contributed by atoms with Crippen LogP contribution in [0.4, 0.5) is 0 Å². The molecule has 0 aromatic heterocycles. The maximum absolute atomic E-state index is 14.8. The standard InChI is InChI=1S/C40H45Cl2NO4Si/c1-6-33(27-47-48(40(2,3)4,34-16-9-7-10-17-34)35-18-11-8-12-19-35)43-38(28-20-22-31(41)23-21-28)36(29-14-13-15-32(42)24-29)25-30(39(43)45)26-37(44)46-5/h7-24,30,33,36,38H,6,25-27H2,1-5H3/t30-,33?,36+,38+/m0/s1. The van der Waals surface area contributed by atoms with E-state index in [-0.39, 0.29) is 35.4 Å². The summed E-state index contributed by atoms with van der Waals surface area (Å²) in [6.45, 7) is 9.19. The van der Waals surface area contributed by atoms with E-state index >= 15 is 0 Å². The van der Waals surface area contributed by atoms with Crippen molar-refractivity contribution in [3.05, 3.63) is 130 Å². The highest BCUT2D eigenvalue weighted by molar-refractivity contribution is 6.99. The smallest absolute Gasteiger partial charge is 0.306 e. The third-order valence-electron chi connectivity index (χ3n) is 9.73. The molecule has 4 aromatic rings. The average molecular weight is 703 g/mol. The number of amides is 1. The van der Waals surface area contributed by atoms with Gasteiger partial charge in [-0.15, -0.1) is 0 Å². The van der Waals surface area contributed by atoms with Crippen LogP contribution in [0.25, 0.3) is 0 Å². The topological polar surface area (TPSA) is 55.8 Å². The average Bonchev–Trinajstić information content (AvgIpc) is 3.08. The summed E-state index contributed by atoms with van der Waals surface area (Å²) >= 11 is 12.9. The summed E-state index contributed by atoms with van der Waals surface area (Å²) in [5.41, 5.74) is 1.98. The zero-order chi connectivity index (χ0) is 34.5. The molecule has 0 radical (unpaired) electrons. The summed E-state index contributed by atoms with van der Waals surface area (Å²) in [6, 6.07) is 36.0. The van der Waals surface area contributed by atoms with Gasteiger partial charge in [0.2, 0.25) is 5.91 Å². The zero-order valence-corrected chi connectivity index (χ0v) is 30.9. The Labute approximate surface area is 296 Å². The number of esters is 1. The number of ether oxygens (including phenoxy) is 1. The van der Waals surface area contributed by atoms with Gasteiger partial charge in [-0.3, -0.25) is 9.59 Å². The maximum Gasteiger partial charge on any atom is 0.306 e. The maximum atomic E-state index is 14.8. The number of carbonyl (C=O) groups excluding carboxylic acids is 2. The lowest BCUT2D eigenvalue weighted by atomic mass is 9.74. The van der Waals surface area contributed by atoms with Crippen molar-refractivity contribution in [3.63, 3.8) is 0 Å². The van der Waals surface area contributed by atoms with Crippen molar-refractivity contribution in [2.24, 2.45) is 5.92 Å². The van der Waals surface area contributed by atoms with Gasteiger partial charge in [0, 0.05) is 21.9 Å². The van der Waals surface area contributed by atoms with E-state index in [4.69, 9.17) is 32.4 Å². The van der Waals surface area contributed by atoms with Gasteiger partial charge in [-0.1, -0.05) is 136 Å². The molecule has 0 aliphatic carbocycles. The normalized spacial score (nSPS) is 19.2. The lowest BCUT2D eigenvalue weighted by Gasteiger charge is -2.50. The third kappa shape index (κ3) is 7.42. The molecular formula is C40H45Cl2NO4Si. The second-order valence-electron chi connectivity index (χ2n) is 13.7. The molecule has 1 aliphatic heterocycles. The molecule has 1 saturated heterocycles. The Balaban J connectivity index is 1.65. The second kappa shape index (κ2) is 15.4. The Bertz CT molecular complexity index is 1640. The highest BCUT2D eigenvalue weighted by Gasteiger charge is 2.52. The van der Waals surface area contributed by atoms with Gasteiger partial charge < -0.3 is 14.1 Å². The molecule has 0 spiro atoms. The van der Waals surface area contributed by atoms with Gasteiger partial charge in [0.1, 0.15) is 0 Å². The van der Waals surface area contributed by atoms with Crippen molar-refractivity contribution in [1.82, 2.24) is 4.90 Å². The number of piperidine rings is 1. The molecule has 5 nitrogen and oxygen atoms in total. The molecule has 8 heteroatoms. The van der Waals surface area contributed by atoms with Crippen molar-refractivity contribution >= 4 is 53.8 Å². The third-order valence-corrected chi connectivity index (χ3v) is 15.2. The largest absolute Gasteiger partial charge is 0.469 e. The number of methoxy groups -OCH3 is 1. The van der Waals surface area contributed by atoms with E-state index in [0.29, 0.717) is 29.5 Å². The molecule has 4 aromatic carbocycles. The van der Waals surface area contributed by atoms with Gasteiger partial charge >= 0.3 is 5.97 Å². The first-order valence-corrected chi connectivity index (χ1v) is 19.3. The molecule has 252 valence electrons. The summed E-state index contributed by atoms with van der Waals surface area (Å²) in [5, 5.41) is 3.37. The van der Waals surface area contributed by atoms with Gasteiger partial charge in [-0.05, 0) is 63.6 Å². The van der Waals surface area contributed by atoms with Crippen LogP contribution in [0.1, 0.15) is 70.0 Å². The first-order chi connectivity index (χ1) is 23.0. The molecular weight excluding hydrogens is 657 g/mol. The first-order valence-electron chi connectivity index (χ1n) is 16.6. The van der Waals surface area contributed by atoms with Crippen molar-refractivity contribution in [2.45, 2.75) is 70.0 Å². The summed E-state index contributed by atoms with van der Waals surface area (Å²) in [5.74, 6) is -1.18. The quantitative estimate of drug-likeness (QED) is 0.116. The molecule has 1 unspecified atom stereocenters. The number of hydrogen-bond acceptors (Lipinski definition) is 4. The molecule has 1 amide bonds. The van der Waals surface area contributed by atoms with Crippen LogP contribution in [0, 0.1) is 5.92 Å². The molecule has 48 heavy (non-hydrogen) atoms. The Morgan fingerprint density at radius 3 is 1.98 bits per heavy atom. The van der Waals surface area contributed by atoms with Gasteiger partial charge in [0.25, 0.3) is 8.32 Å². The number of carbonyl (C=O) groups is 2. The molecule has 1 aliphatic rings. The van der Waals surface area contributed by atoms with Gasteiger partial charge in [0.15, 0.2) is 0 Å². The number of likely N-dealkylation sites (tertiary alicyclic amines) is 1. The Morgan fingerprint density at radius 1 is 0.854 bits per heavy atom. The Kier molecular flexibility index (Phi) is 11.5. The van der Waals surface area contributed by atoms with E-state index in [9.17, 15) is 9.59 Å². The Hall–Kier alpha value is -3.42. The number of benzene rings is 4. The lowest BCUT2D eigenvalue weighted by Crippen LogP contribution is -2.67. The monoisotopic (exact) mass is 701 g/mol. The summed E-state index contributed by atoms with van der Waals surface area (Å²) in [4.78, 5) is 29.4. The first kappa shape index (κ1) is 35.9. The van der Waals surface area contributed by atoms with Crippen LogP contribution in [0.15, 0.2) is 109 Å². The second-order valence-corrected chi connectivity index (χ2v) is 18.8. The molecule has 4 atom stereocenters. The fourth-order valence-electron chi connectivity index (χ4n) is 7.43. The van der Waals surface area contributed by atoms with Crippen LogP contribution in [0.2, 0.25) is 15.1 Å². The summed E-state index contributed by atoms with van der Waals surface area (Å²) in [6.07, 6.45) is 1.13. The van der Waals surface area contributed by atoms with Crippen molar-refractivity contribution in [2.75, 3.05) is 13.7 Å². The molecule has 1 heterocycles. The van der Waals surface area contributed by atoms with E-state index in [2.05, 4.69) is 82.3 Å². The Morgan fingerprint density at radius 2 is 1.46 bits per heavy atom. The van der Waals surface area contributed by atoms with Crippen LogP contribution in [0.3, 0.4) is 0 Å². The summed E-state index contributed by atoms with van der Waals surface area (Å²) in [7, 11) is -1.54. The van der Waals surface area contributed by atoms with E-state index in [1.807, 2.05) is 59.5 Å². The molecule has 5 rings (SSSR count). The van der Waals surface area contributed by atoms with E-state index in [1.165, 1.54) is 17.5 Å². The minimum atomic E-state index is -2.91. The zero-order valence-electron chi connectivity index (χ0n) is 28.4. The van der Waals surface area contributed by atoms with Crippen LogP contribution in [0.5, 0.6) is 0 Å². The predicted octanol–water partition coefficient (Wildman–Crippen LogP) is 8.59. The van der Waals surface area contributed by atoms with Crippen LogP contribution in [-0.4, -0.2) is 44.9 Å². The fraction of sp³-hybridized carbons (Fsp3) is 0.350. The van der Waals surface area contributed by atoms with Gasteiger partial charge in [-0.2, -0.15) is 0 Å².